The van der Waals surface area contributed by atoms with Gasteiger partial charge >= 0.3 is 0 Å². The Morgan fingerprint density at radius 3 is 2.87 bits per heavy atom. The zero-order valence-electron chi connectivity index (χ0n) is 9.59. The molecule has 0 aliphatic heterocycles. The molecule has 1 aromatic carbocycles. The van der Waals surface area contributed by atoms with Crippen molar-refractivity contribution in [3.63, 3.8) is 0 Å². The van der Waals surface area contributed by atoms with Crippen molar-refractivity contribution in [1.29, 1.82) is 0 Å². The quantitative estimate of drug-likeness (QED) is 0.731. The Labute approximate surface area is 97.8 Å². The summed E-state index contributed by atoms with van der Waals surface area (Å²) in [4.78, 5) is 0. The van der Waals surface area contributed by atoms with Crippen LogP contribution in [-0.4, -0.2) is 13.1 Å². The van der Waals surface area contributed by atoms with Gasteiger partial charge in [-0.25, -0.2) is 0 Å². The monoisotopic (exact) mass is 225 g/mol. The third-order valence-electron chi connectivity index (χ3n) is 2.39. The second-order valence-corrected chi connectivity index (χ2v) is 4.58. The second-order valence-electron chi connectivity index (χ2n) is 4.14. The summed E-state index contributed by atoms with van der Waals surface area (Å²) in [6.07, 6.45) is 2.29. The Morgan fingerprint density at radius 1 is 1.40 bits per heavy atom. The first-order chi connectivity index (χ1) is 7.22. The van der Waals surface area contributed by atoms with E-state index in [2.05, 4.69) is 31.3 Å². The maximum atomic E-state index is 5.94. The lowest BCUT2D eigenvalue weighted by molar-refractivity contribution is 0.511. The van der Waals surface area contributed by atoms with Gasteiger partial charge in [0.05, 0.1) is 0 Å². The molecule has 0 aromatic heterocycles. The van der Waals surface area contributed by atoms with Gasteiger partial charge in [-0.1, -0.05) is 37.6 Å². The maximum Gasteiger partial charge on any atom is 0.0408 e. The molecule has 0 bridgehead atoms. The largest absolute Gasteiger partial charge is 0.316 e. The molecule has 2 heteroatoms. The van der Waals surface area contributed by atoms with E-state index in [1.165, 1.54) is 12.0 Å². The Balaban J connectivity index is 2.34. The lowest BCUT2D eigenvalue weighted by Crippen LogP contribution is -2.23. The third kappa shape index (κ3) is 5.19. The first kappa shape index (κ1) is 12.5. The highest BCUT2D eigenvalue weighted by molar-refractivity contribution is 6.30. The van der Waals surface area contributed by atoms with Crippen LogP contribution in [0.25, 0.3) is 0 Å². The molecule has 1 rings (SSSR count). The summed E-state index contributed by atoms with van der Waals surface area (Å²) in [6.45, 7) is 6.65. The van der Waals surface area contributed by atoms with E-state index in [0.29, 0.717) is 5.92 Å². The lowest BCUT2D eigenvalue weighted by Gasteiger charge is -2.12. The van der Waals surface area contributed by atoms with Crippen LogP contribution in [0.4, 0.5) is 0 Å². The number of nitrogens with one attached hydrogen (secondary N) is 1. The van der Waals surface area contributed by atoms with Gasteiger partial charge in [0.25, 0.3) is 0 Å². The van der Waals surface area contributed by atoms with Crippen molar-refractivity contribution >= 4 is 11.6 Å². The second kappa shape index (κ2) is 6.86. The molecule has 1 atom stereocenters. The van der Waals surface area contributed by atoms with Crippen LogP contribution in [0, 0.1) is 5.92 Å². The lowest BCUT2D eigenvalue weighted by atomic mass is 10.0. The summed E-state index contributed by atoms with van der Waals surface area (Å²) in [5.41, 5.74) is 1.33. The van der Waals surface area contributed by atoms with Crippen LogP contribution in [0.15, 0.2) is 24.3 Å². The van der Waals surface area contributed by atoms with Crippen LogP contribution in [0.3, 0.4) is 0 Å². The number of benzene rings is 1. The summed E-state index contributed by atoms with van der Waals surface area (Å²) in [7, 11) is 0. The number of hydrogen-bond acceptors (Lipinski definition) is 1. The van der Waals surface area contributed by atoms with Gasteiger partial charge in [0.2, 0.25) is 0 Å². The number of rotatable bonds is 6. The highest BCUT2D eigenvalue weighted by atomic mass is 35.5. The Bertz CT molecular complexity index is 286. The molecule has 1 unspecified atom stereocenters. The van der Waals surface area contributed by atoms with Gasteiger partial charge in [-0.3, -0.25) is 0 Å². The number of hydrogen-bond donors (Lipinski definition) is 1. The van der Waals surface area contributed by atoms with E-state index in [0.717, 1.165) is 24.5 Å². The molecule has 0 amide bonds. The molecule has 1 aromatic rings. The minimum absolute atomic E-state index is 0.662. The molecule has 84 valence electrons. The van der Waals surface area contributed by atoms with Crippen LogP contribution in [0.1, 0.15) is 25.8 Å². The van der Waals surface area contributed by atoms with Crippen LogP contribution >= 0.6 is 11.6 Å². The van der Waals surface area contributed by atoms with E-state index in [-0.39, 0.29) is 0 Å². The molecule has 0 spiro atoms. The summed E-state index contributed by atoms with van der Waals surface area (Å²) in [5.74, 6) is 0.662. The van der Waals surface area contributed by atoms with Gasteiger partial charge in [0.1, 0.15) is 0 Å². The normalized spacial score (nSPS) is 12.7. The molecular weight excluding hydrogens is 206 g/mol. The van der Waals surface area contributed by atoms with Gasteiger partial charge < -0.3 is 5.32 Å². The molecule has 0 heterocycles. The van der Waals surface area contributed by atoms with Crippen LogP contribution in [-0.2, 0) is 6.42 Å². The zero-order valence-corrected chi connectivity index (χ0v) is 10.3. The smallest absolute Gasteiger partial charge is 0.0408 e. The van der Waals surface area contributed by atoms with Crippen LogP contribution < -0.4 is 5.32 Å². The predicted octanol–water partition coefficient (Wildman–Crippen LogP) is 3.52. The fraction of sp³-hybridized carbons (Fsp3) is 0.538. The van der Waals surface area contributed by atoms with Gasteiger partial charge in [-0.2, -0.15) is 0 Å². The predicted molar refractivity (Wildman–Crippen MR) is 67.5 cm³/mol. The topological polar surface area (TPSA) is 12.0 Å². The average molecular weight is 226 g/mol. The van der Waals surface area contributed by atoms with E-state index < -0.39 is 0 Å². The van der Waals surface area contributed by atoms with E-state index >= 15 is 0 Å². The van der Waals surface area contributed by atoms with Crippen molar-refractivity contribution < 1.29 is 0 Å². The minimum Gasteiger partial charge on any atom is -0.316 e. The van der Waals surface area contributed by atoms with E-state index in [9.17, 15) is 0 Å². The zero-order chi connectivity index (χ0) is 11.1. The van der Waals surface area contributed by atoms with E-state index in [4.69, 9.17) is 11.6 Å². The Kier molecular flexibility index (Phi) is 5.74. The highest BCUT2D eigenvalue weighted by Crippen LogP contribution is 2.14. The molecule has 0 aliphatic rings. The van der Waals surface area contributed by atoms with E-state index in [1.807, 2.05) is 12.1 Å². The van der Waals surface area contributed by atoms with Crippen molar-refractivity contribution in [2.45, 2.75) is 26.7 Å². The minimum atomic E-state index is 0.662. The van der Waals surface area contributed by atoms with Crippen molar-refractivity contribution in [1.82, 2.24) is 5.32 Å². The number of halogens is 1. The van der Waals surface area contributed by atoms with Crippen LogP contribution in [0.2, 0.25) is 5.02 Å². The van der Waals surface area contributed by atoms with Gasteiger partial charge in [0.15, 0.2) is 0 Å². The molecule has 1 N–H and O–H groups in total. The van der Waals surface area contributed by atoms with Gasteiger partial charge in [-0.05, 0) is 49.5 Å². The standard InChI is InChI=1S/C13H20ClN/c1-3-7-15-10-11(2)8-12-5-4-6-13(14)9-12/h4-6,9,11,15H,3,7-8,10H2,1-2H3. The van der Waals surface area contributed by atoms with Crippen molar-refractivity contribution in [2.24, 2.45) is 5.92 Å². The van der Waals surface area contributed by atoms with Crippen molar-refractivity contribution in [3.05, 3.63) is 34.9 Å². The molecule has 1 nitrogen and oxygen atoms in total. The Hall–Kier alpha value is -0.530. The molecule has 0 aliphatic carbocycles. The molecule has 15 heavy (non-hydrogen) atoms. The molecule has 0 saturated carbocycles. The van der Waals surface area contributed by atoms with Crippen molar-refractivity contribution in [3.8, 4) is 0 Å². The Morgan fingerprint density at radius 2 is 2.20 bits per heavy atom. The summed E-state index contributed by atoms with van der Waals surface area (Å²) < 4.78 is 0. The summed E-state index contributed by atoms with van der Waals surface area (Å²) >= 11 is 5.94. The average Bonchev–Trinajstić information content (AvgIpc) is 2.18. The maximum absolute atomic E-state index is 5.94. The fourth-order valence-corrected chi connectivity index (χ4v) is 1.88. The van der Waals surface area contributed by atoms with Crippen LogP contribution in [0.5, 0.6) is 0 Å². The van der Waals surface area contributed by atoms with Crippen molar-refractivity contribution in [2.75, 3.05) is 13.1 Å². The molecule has 0 saturated heterocycles. The molecule has 0 radical (unpaired) electrons. The molecular formula is C13H20ClN. The first-order valence-corrected chi connectivity index (χ1v) is 6.05. The molecule has 0 fully saturated rings. The highest BCUT2D eigenvalue weighted by Gasteiger charge is 2.03. The SMILES string of the molecule is CCCNCC(C)Cc1cccc(Cl)c1. The fourth-order valence-electron chi connectivity index (χ4n) is 1.66. The third-order valence-corrected chi connectivity index (χ3v) is 2.63. The van der Waals surface area contributed by atoms with Gasteiger partial charge in [0, 0.05) is 5.02 Å². The first-order valence-electron chi connectivity index (χ1n) is 5.67. The summed E-state index contributed by atoms with van der Waals surface area (Å²) in [5, 5.41) is 4.27. The van der Waals surface area contributed by atoms with E-state index in [1.54, 1.807) is 0 Å². The van der Waals surface area contributed by atoms with Gasteiger partial charge in [-0.15, -0.1) is 0 Å². The summed E-state index contributed by atoms with van der Waals surface area (Å²) in [6, 6.07) is 8.13.